The summed E-state index contributed by atoms with van der Waals surface area (Å²) in [6.45, 7) is 0.903. The highest BCUT2D eigenvalue weighted by molar-refractivity contribution is 9.10. The van der Waals surface area contributed by atoms with Crippen LogP contribution in [0.1, 0.15) is 12.8 Å². The second-order valence-corrected chi connectivity index (χ2v) is 5.94. The third kappa shape index (κ3) is 1.76. The standard InChI is InChI=1S/C11H10BrNOS/c12-8-3-4-9-10(5-8)15-11(14)13(9)6-7-1-2-7/h3-5,7H,1-2,6H2. The molecule has 0 atom stereocenters. The van der Waals surface area contributed by atoms with Crippen LogP contribution in [0.4, 0.5) is 0 Å². The quantitative estimate of drug-likeness (QED) is 0.829. The van der Waals surface area contributed by atoms with Gasteiger partial charge in [-0.2, -0.15) is 0 Å². The third-order valence-corrected chi connectivity index (χ3v) is 4.20. The number of hydrogen-bond donors (Lipinski definition) is 0. The van der Waals surface area contributed by atoms with Crippen molar-refractivity contribution in [2.24, 2.45) is 5.92 Å². The predicted octanol–water partition coefficient (Wildman–Crippen LogP) is 3.24. The average Bonchev–Trinajstić information content (AvgIpc) is 2.93. The van der Waals surface area contributed by atoms with Crippen molar-refractivity contribution < 1.29 is 0 Å². The number of nitrogens with zero attached hydrogens (tertiary/aromatic N) is 1. The second-order valence-electron chi connectivity index (χ2n) is 4.03. The first-order valence-corrected chi connectivity index (χ1v) is 6.64. The zero-order valence-corrected chi connectivity index (χ0v) is 10.5. The minimum atomic E-state index is 0.176. The summed E-state index contributed by atoms with van der Waals surface area (Å²) < 4.78 is 4.04. The zero-order chi connectivity index (χ0) is 10.4. The minimum absolute atomic E-state index is 0.176. The van der Waals surface area contributed by atoms with Crippen LogP contribution >= 0.6 is 27.3 Å². The van der Waals surface area contributed by atoms with Crippen LogP contribution in [-0.2, 0) is 6.54 Å². The van der Waals surface area contributed by atoms with E-state index in [1.807, 2.05) is 22.8 Å². The molecule has 0 N–H and O–H groups in total. The topological polar surface area (TPSA) is 22.0 Å². The number of benzene rings is 1. The van der Waals surface area contributed by atoms with E-state index in [4.69, 9.17) is 0 Å². The van der Waals surface area contributed by atoms with E-state index in [2.05, 4.69) is 15.9 Å². The molecule has 0 aliphatic heterocycles. The highest BCUT2D eigenvalue weighted by Gasteiger charge is 2.23. The third-order valence-electron chi connectivity index (χ3n) is 2.77. The molecule has 1 heterocycles. The number of halogens is 1. The van der Waals surface area contributed by atoms with E-state index in [0.717, 1.165) is 27.2 Å². The van der Waals surface area contributed by atoms with Gasteiger partial charge >= 0.3 is 4.87 Å². The summed E-state index contributed by atoms with van der Waals surface area (Å²) in [5.74, 6) is 0.740. The smallest absolute Gasteiger partial charge is 0.298 e. The molecule has 1 saturated carbocycles. The van der Waals surface area contributed by atoms with Gasteiger partial charge in [0.15, 0.2) is 0 Å². The molecular formula is C11H10BrNOS. The van der Waals surface area contributed by atoms with E-state index < -0.39 is 0 Å². The maximum atomic E-state index is 11.8. The fraction of sp³-hybridized carbons (Fsp3) is 0.364. The fourth-order valence-corrected chi connectivity index (χ4v) is 3.22. The second kappa shape index (κ2) is 3.46. The molecule has 0 radical (unpaired) electrons. The number of fused-ring (bicyclic) bond motifs is 1. The summed E-state index contributed by atoms with van der Waals surface area (Å²) in [6, 6.07) is 6.04. The van der Waals surface area contributed by atoms with Crippen LogP contribution in [0.5, 0.6) is 0 Å². The fourth-order valence-electron chi connectivity index (χ4n) is 1.77. The summed E-state index contributed by atoms with van der Waals surface area (Å²) in [4.78, 5) is 12.0. The van der Waals surface area contributed by atoms with Crippen molar-refractivity contribution in [3.8, 4) is 0 Å². The summed E-state index contributed by atoms with van der Waals surface area (Å²) in [6.07, 6.45) is 2.56. The molecule has 0 spiro atoms. The molecule has 0 bridgehead atoms. The highest BCUT2D eigenvalue weighted by atomic mass is 79.9. The first kappa shape index (κ1) is 9.60. The van der Waals surface area contributed by atoms with Crippen molar-refractivity contribution >= 4 is 37.5 Å². The first-order valence-electron chi connectivity index (χ1n) is 5.03. The van der Waals surface area contributed by atoms with Crippen LogP contribution in [0.15, 0.2) is 27.5 Å². The Hall–Kier alpha value is -0.610. The normalized spacial score (nSPS) is 16.1. The average molecular weight is 284 g/mol. The lowest BCUT2D eigenvalue weighted by Crippen LogP contribution is -2.13. The molecule has 3 rings (SSSR count). The predicted molar refractivity (Wildman–Crippen MR) is 66.5 cm³/mol. The summed E-state index contributed by atoms with van der Waals surface area (Å²) >= 11 is 4.76. The molecule has 1 aromatic carbocycles. The van der Waals surface area contributed by atoms with Gasteiger partial charge in [-0.3, -0.25) is 9.36 Å². The van der Waals surface area contributed by atoms with Crippen LogP contribution in [-0.4, -0.2) is 4.57 Å². The molecule has 15 heavy (non-hydrogen) atoms. The largest absolute Gasteiger partial charge is 0.308 e. The Balaban J connectivity index is 2.18. The Labute approximate surface area is 99.7 Å². The van der Waals surface area contributed by atoms with Gasteiger partial charge in [0.1, 0.15) is 0 Å². The summed E-state index contributed by atoms with van der Waals surface area (Å²) in [7, 11) is 0. The molecule has 78 valence electrons. The Morgan fingerprint density at radius 2 is 2.27 bits per heavy atom. The van der Waals surface area contributed by atoms with Gasteiger partial charge in [0, 0.05) is 11.0 Å². The van der Waals surface area contributed by atoms with Gasteiger partial charge in [-0.1, -0.05) is 27.3 Å². The minimum Gasteiger partial charge on any atom is -0.298 e. The van der Waals surface area contributed by atoms with Crippen LogP contribution in [0.2, 0.25) is 0 Å². The Morgan fingerprint density at radius 1 is 1.47 bits per heavy atom. The van der Waals surface area contributed by atoms with Crippen molar-refractivity contribution in [2.75, 3.05) is 0 Å². The van der Waals surface area contributed by atoms with E-state index in [-0.39, 0.29) is 4.87 Å². The zero-order valence-electron chi connectivity index (χ0n) is 8.07. The molecule has 1 fully saturated rings. The molecule has 0 unspecified atom stereocenters. The SMILES string of the molecule is O=c1sc2cc(Br)ccc2n1CC1CC1. The molecule has 2 nitrogen and oxygen atoms in total. The van der Waals surface area contributed by atoms with E-state index >= 15 is 0 Å². The number of aromatic nitrogens is 1. The Morgan fingerprint density at radius 3 is 3.00 bits per heavy atom. The van der Waals surface area contributed by atoms with Gasteiger partial charge in [-0.05, 0) is 37.0 Å². The lowest BCUT2D eigenvalue weighted by Gasteiger charge is -2.01. The van der Waals surface area contributed by atoms with Gasteiger partial charge in [0.2, 0.25) is 0 Å². The lowest BCUT2D eigenvalue weighted by molar-refractivity contribution is 0.636. The summed E-state index contributed by atoms with van der Waals surface area (Å²) in [5, 5.41) is 0. The van der Waals surface area contributed by atoms with Crippen molar-refractivity contribution in [3.63, 3.8) is 0 Å². The Bertz CT molecular complexity index is 567. The molecule has 4 heteroatoms. The highest BCUT2D eigenvalue weighted by Crippen LogP contribution is 2.32. The molecular weight excluding hydrogens is 274 g/mol. The number of rotatable bonds is 2. The first-order chi connectivity index (χ1) is 7.24. The van der Waals surface area contributed by atoms with Crippen molar-refractivity contribution in [2.45, 2.75) is 19.4 Å². The molecule has 0 amide bonds. The van der Waals surface area contributed by atoms with E-state index in [1.165, 1.54) is 24.2 Å². The van der Waals surface area contributed by atoms with Gasteiger partial charge in [-0.15, -0.1) is 0 Å². The van der Waals surface area contributed by atoms with Crippen LogP contribution < -0.4 is 4.87 Å². The number of thiazole rings is 1. The monoisotopic (exact) mass is 283 g/mol. The van der Waals surface area contributed by atoms with Gasteiger partial charge in [0.05, 0.1) is 10.2 Å². The van der Waals surface area contributed by atoms with Crippen molar-refractivity contribution in [3.05, 3.63) is 32.3 Å². The molecule has 1 aliphatic carbocycles. The van der Waals surface area contributed by atoms with Crippen molar-refractivity contribution in [1.29, 1.82) is 0 Å². The van der Waals surface area contributed by atoms with Gasteiger partial charge in [0.25, 0.3) is 0 Å². The number of hydrogen-bond acceptors (Lipinski definition) is 2. The van der Waals surface area contributed by atoms with Crippen LogP contribution in [0.3, 0.4) is 0 Å². The van der Waals surface area contributed by atoms with Gasteiger partial charge in [-0.25, -0.2) is 0 Å². The molecule has 0 saturated heterocycles. The lowest BCUT2D eigenvalue weighted by atomic mass is 10.3. The summed E-state index contributed by atoms with van der Waals surface area (Å²) in [5.41, 5.74) is 1.08. The van der Waals surface area contributed by atoms with E-state index in [1.54, 1.807) is 0 Å². The maximum Gasteiger partial charge on any atom is 0.308 e. The van der Waals surface area contributed by atoms with E-state index in [9.17, 15) is 4.79 Å². The van der Waals surface area contributed by atoms with Crippen LogP contribution in [0, 0.1) is 5.92 Å². The van der Waals surface area contributed by atoms with Crippen LogP contribution in [0.25, 0.3) is 10.2 Å². The maximum absolute atomic E-state index is 11.8. The van der Waals surface area contributed by atoms with Gasteiger partial charge < -0.3 is 0 Å². The van der Waals surface area contributed by atoms with E-state index in [0.29, 0.717) is 0 Å². The molecule has 1 aromatic heterocycles. The molecule has 1 aliphatic rings. The van der Waals surface area contributed by atoms with Crippen molar-refractivity contribution in [1.82, 2.24) is 4.57 Å². The Kier molecular flexibility index (Phi) is 2.21. The molecule has 2 aromatic rings.